The van der Waals surface area contributed by atoms with Crippen LogP contribution in [0.5, 0.6) is 5.75 Å². The number of hydrogen-bond donors (Lipinski definition) is 2. The first kappa shape index (κ1) is 25.6. The molecule has 1 aromatic heterocycles. The normalized spacial score (nSPS) is 42.1. The zero-order valence-electron chi connectivity index (χ0n) is 23.2. The van der Waals surface area contributed by atoms with Gasteiger partial charge in [-0.1, -0.05) is 26.8 Å². The van der Waals surface area contributed by atoms with Crippen molar-refractivity contribution in [3.63, 3.8) is 0 Å². The van der Waals surface area contributed by atoms with E-state index in [1.807, 2.05) is 24.4 Å². The number of methoxy groups -OCH3 is 1. The van der Waals surface area contributed by atoms with Gasteiger partial charge in [-0.2, -0.15) is 0 Å². The van der Waals surface area contributed by atoms with E-state index in [-0.39, 0.29) is 12.2 Å². The standard InChI is InChI=1S/C32H46N2O3/c1-19(8-11-29-33-18-22-26(34-29)6-5-7-28(22)37-4)23-9-10-24-30-25(13-15-32(23,24)3)31(2)14-12-21(35)16-20(31)17-27(30)36/h5-7,18-21,23-25,27,30,35-36H,8-17H2,1-4H3/t19-,20+,21-,23-,24+,25?,27+,30+,31+,32-/m1/s1. The molecule has 2 N–H and O–H groups in total. The summed E-state index contributed by atoms with van der Waals surface area (Å²) in [5.41, 5.74) is 1.57. The fourth-order valence-electron chi connectivity index (χ4n) is 10.1. The van der Waals surface area contributed by atoms with Crippen molar-refractivity contribution in [2.24, 2.45) is 46.3 Å². The third-order valence-corrected chi connectivity index (χ3v) is 12.1. The van der Waals surface area contributed by atoms with E-state index < -0.39 is 0 Å². The second-order valence-electron chi connectivity index (χ2n) is 13.6. The first-order chi connectivity index (χ1) is 17.7. The second kappa shape index (κ2) is 9.48. The SMILES string of the molecule is COc1cccc2nc(CC[C@@H](C)[C@H]3CC[C@H]4[C@H]5C(CC[C@]34C)[C@@]3(C)CC[C@@H](O)C[C@H]3C[C@@H]5O)ncc12. The second-order valence-corrected chi connectivity index (χ2v) is 13.6. The van der Waals surface area contributed by atoms with Gasteiger partial charge in [0.1, 0.15) is 11.6 Å². The first-order valence-electron chi connectivity index (χ1n) is 14.9. The van der Waals surface area contributed by atoms with Gasteiger partial charge in [0.15, 0.2) is 0 Å². The molecule has 10 atom stereocenters. The van der Waals surface area contributed by atoms with Gasteiger partial charge < -0.3 is 14.9 Å². The Labute approximate surface area is 222 Å². The number of hydrogen-bond acceptors (Lipinski definition) is 5. The maximum absolute atomic E-state index is 11.5. The zero-order chi connectivity index (χ0) is 25.9. The molecule has 5 heteroatoms. The molecule has 4 aliphatic carbocycles. The van der Waals surface area contributed by atoms with Crippen molar-refractivity contribution in [1.82, 2.24) is 9.97 Å². The van der Waals surface area contributed by atoms with Crippen molar-refractivity contribution in [3.05, 3.63) is 30.2 Å². The zero-order valence-corrected chi connectivity index (χ0v) is 23.2. The van der Waals surface area contributed by atoms with E-state index >= 15 is 0 Å². The monoisotopic (exact) mass is 506 g/mol. The van der Waals surface area contributed by atoms with Crippen LogP contribution in [0.2, 0.25) is 0 Å². The van der Waals surface area contributed by atoms with Gasteiger partial charge in [-0.3, -0.25) is 0 Å². The molecule has 5 nitrogen and oxygen atoms in total. The van der Waals surface area contributed by atoms with Crippen LogP contribution in [-0.2, 0) is 6.42 Å². The van der Waals surface area contributed by atoms with Gasteiger partial charge in [-0.15, -0.1) is 0 Å². The Morgan fingerprint density at radius 1 is 1.03 bits per heavy atom. The van der Waals surface area contributed by atoms with Crippen LogP contribution < -0.4 is 4.74 Å². The summed E-state index contributed by atoms with van der Waals surface area (Å²) in [6.45, 7) is 7.52. The Morgan fingerprint density at radius 2 is 1.81 bits per heavy atom. The van der Waals surface area contributed by atoms with Crippen molar-refractivity contribution in [3.8, 4) is 5.75 Å². The Hall–Kier alpha value is -1.72. The molecule has 0 amide bonds. The van der Waals surface area contributed by atoms with Crippen LogP contribution >= 0.6 is 0 Å². The number of rotatable bonds is 5. The van der Waals surface area contributed by atoms with Crippen molar-refractivity contribution in [2.45, 2.75) is 97.2 Å². The summed E-state index contributed by atoms with van der Waals surface area (Å²) in [7, 11) is 1.69. The Kier molecular flexibility index (Phi) is 6.55. The van der Waals surface area contributed by atoms with Gasteiger partial charge in [0, 0.05) is 12.6 Å². The van der Waals surface area contributed by atoms with Gasteiger partial charge in [-0.25, -0.2) is 9.97 Å². The van der Waals surface area contributed by atoms with Crippen LogP contribution in [0, 0.1) is 46.3 Å². The smallest absolute Gasteiger partial charge is 0.129 e. The number of aryl methyl sites for hydroxylation is 1. The first-order valence-corrected chi connectivity index (χ1v) is 14.9. The van der Waals surface area contributed by atoms with Crippen molar-refractivity contribution in [2.75, 3.05) is 7.11 Å². The average Bonchev–Trinajstić information content (AvgIpc) is 3.25. The maximum Gasteiger partial charge on any atom is 0.129 e. The van der Waals surface area contributed by atoms with E-state index in [0.29, 0.717) is 46.3 Å². The predicted molar refractivity (Wildman–Crippen MR) is 146 cm³/mol. The van der Waals surface area contributed by atoms with Gasteiger partial charge >= 0.3 is 0 Å². The molecule has 37 heavy (non-hydrogen) atoms. The molecule has 0 aliphatic heterocycles. The van der Waals surface area contributed by atoms with Crippen LogP contribution in [0.4, 0.5) is 0 Å². The average molecular weight is 507 g/mol. The highest BCUT2D eigenvalue weighted by molar-refractivity contribution is 5.84. The number of aromatic nitrogens is 2. The highest BCUT2D eigenvalue weighted by Crippen LogP contribution is 2.68. The summed E-state index contributed by atoms with van der Waals surface area (Å²) in [5, 5.41) is 22.8. The summed E-state index contributed by atoms with van der Waals surface area (Å²) < 4.78 is 5.47. The van der Waals surface area contributed by atoms with E-state index in [0.717, 1.165) is 61.0 Å². The molecule has 1 unspecified atom stereocenters. The lowest BCUT2D eigenvalue weighted by molar-refractivity contribution is -0.174. The van der Waals surface area contributed by atoms with E-state index in [1.165, 1.54) is 25.7 Å². The molecule has 0 bridgehead atoms. The van der Waals surface area contributed by atoms with Crippen LogP contribution in [0.1, 0.15) is 84.4 Å². The molecule has 202 valence electrons. The largest absolute Gasteiger partial charge is 0.496 e. The van der Waals surface area contributed by atoms with Crippen molar-refractivity contribution < 1.29 is 14.9 Å². The highest BCUT2D eigenvalue weighted by atomic mass is 16.5. The van der Waals surface area contributed by atoms with Crippen LogP contribution in [0.25, 0.3) is 10.9 Å². The summed E-state index contributed by atoms with van der Waals surface area (Å²) >= 11 is 0. The molecule has 4 aliphatic rings. The maximum atomic E-state index is 11.5. The molecule has 0 saturated heterocycles. The number of benzene rings is 1. The van der Waals surface area contributed by atoms with Crippen molar-refractivity contribution in [1.29, 1.82) is 0 Å². The number of aliphatic hydroxyl groups excluding tert-OH is 2. The Morgan fingerprint density at radius 3 is 2.62 bits per heavy atom. The van der Waals surface area contributed by atoms with E-state index in [4.69, 9.17) is 9.72 Å². The van der Waals surface area contributed by atoms with Gasteiger partial charge in [-0.05, 0) is 116 Å². The molecular formula is C32H46N2O3. The van der Waals surface area contributed by atoms with Crippen LogP contribution in [0.15, 0.2) is 24.4 Å². The molecule has 0 spiro atoms. The number of aliphatic hydroxyl groups is 2. The molecule has 6 rings (SSSR count). The summed E-state index contributed by atoms with van der Waals surface area (Å²) in [6, 6.07) is 6.00. The fourth-order valence-corrected chi connectivity index (χ4v) is 10.1. The fraction of sp³-hybridized carbons (Fsp3) is 0.750. The minimum absolute atomic E-state index is 0.166. The Balaban J connectivity index is 1.16. The lowest BCUT2D eigenvalue weighted by Crippen LogP contribution is -2.58. The van der Waals surface area contributed by atoms with Crippen molar-refractivity contribution >= 4 is 10.9 Å². The topological polar surface area (TPSA) is 75.5 Å². The minimum atomic E-state index is -0.199. The molecule has 1 heterocycles. The van der Waals surface area contributed by atoms with Crippen LogP contribution in [0.3, 0.4) is 0 Å². The minimum Gasteiger partial charge on any atom is -0.496 e. The van der Waals surface area contributed by atoms with E-state index in [9.17, 15) is 10.2 Å². The molecular weight excluding hydrogens is 460 g/mol. The van der Waals surface area contributed by atoms with Gasteiger partial charge in [0.05, 0.1) is 30.2 Å². The number of ether oxygens (including phenoxy) is 1. The predicted octanol–water partition coefficient (Wildman–Crippen LogP) is 6.20. The third-order valence-electron chi connectivity index (χ3n) is 12.1. The lowest BCUT2D eigenvalue weighted by Gasteiger charge is -2.62. The highest BCUT2D eigenvalue weighted by Gasteiger charge is 2.62. The molecule has 2 aromatic rings. The molecule has 4 fully saturated rings. The molecule has 0 radical (unpaired) electrons. The Bertz CT molecular complexity index is 1140. The third kappa shape index (κ3) is 4.11. The quantitative estimate of drug-likeness (QED) is 0.505. The summed E-state index contributed by atoms with van der Waals surface area (Å²) in [6.07, 6.45) is 12.5. The molecule has 1 aromatic carbocycles. The van der Waals surface area contributed by atoms with Gasteiger partial charge in [0.2, 0.25) is 0 Å². The van der Waals surface area contributed by atoms with Gasteiger partial charge in [0.25, 0.3) is 0 Å². The van der Waals surface area contributed by atoms with E-state index in [1.54, 1.807) is 7.11 Å². The van der Waals surface area contributed by atoms with Crippen LogP contribution in [-0.4, -0.2) is 39.5 Å². The summed E-state index contributed by atoms with van der Waals surface area (Å²) in [5.74, 6) is 5.23. The lowest BCUT2D eigenvalue weighted by atomic mass is 9.43. The molecule has 4 saturated carbocycles. The van der Waals surface area contributed by atoms with E-state index in [2.05, 4.69) is 25.8 Å². The number of fused-ring (bicyclic) bond motifs is 6. The summed E-state index contributed by atoms with van der Waals surface area (Å²) in [4.78, 5) is 9.54. The number of nitrogens with zero attached hydrogens (tertiary/aromatic N) is 2.